The largest absolute Gasteiger partial charge is 0.496 e. The van der Waals surface area contributed by atoms with E-state index in [1.807, 2.05) is 0 Å². The fourth-order valence-electron chi connectivity index (χ4n) is 1.71. The monoisotopic (exact) mass is 248 g/mol. The van der Waals surface area contributed by atoms with Gasteiger partial charge in [-0.15, -0.1) is 0 Å². The summed E-state index contributed by atoms with van der Waals surface area (Å²) in [5, 5.41) is 0. The molecule has 0 aliphatic rings. The van der Waals surface area contributed by atoms with E-state index in [1.165, 1.54) is 43.5 Å². The van der Waals surface area contributed by atoms with Crippen LogP contribution in [0.4, 0.5) is 8.78 Å². The van der Waals surface area contributed by atoms with Crippen LogP contribution in [0.2, 0.25) is 0 Å². The van der Waals surface area contributed by atoms with Crippen LogP contribution in [0.15, 0.2) is 36.4 Å². The van der Waals surface area contributed by atoms with Crippen molar-refractivity contribution in [1.82, 2.24) is 0 Å². The summed E-state index contributed by atoms with van der Waals surface area (Å²) in [6, 6.07) is 8.03. The van der Waals surface area contributed by atoms with E-state index >= 15 is 0 Å². The maximum atomic E-state index is 13.2. The summed E-state index contributed by atoms with van der Waals surface area (Å²) in [6.07, 6.45) is 0.421. The zero-order chi connectivity index (χ0) is 13.1. The summed E-state index contributed by atoms with van der Waals surface area (Å²) in [6.45, 7) is 0. The van der Waals surface area contributed by atoms with Crippen LogP contribution in [-0.4, -0.2) is 13.4 Å². The molecule has 0 aliphatic carbocycles. The number of aldehydes is 1. The van der Waals surface area contributed by atoms with Gasteiger partial charge in [-0.05, 0) is 35.9 Å². The quantitative estimate of drug-likeness (QED) is 0.777. The molecule has 0 bridgehead atoms. The second kappa shape index (κ2) is 4.96. The van der Waals surface area contributed by atoms with Crippen molar-refractivity contribution >= 4 is 6.29 Å². The molecule has 2 aromatic rings. The van der Waals surface area contributed by atoms with Crippen LogP contribution in [0.25, 0.3) is 11.1 Å². The highest BCUT2D eigenvalue weighted by Crippen LogP contribution is 2.31. The lowest BCUT2D eigenvalue weighted by Gasteiger charge is -2.09. The number of rotatable bonds is 3. The summed E-state index contributed by atoms with van der Waals surface area (Å²) >= 11 is 0. The molecule has 0 radical (unpaired) electrons. The number of methoxy groups -OCH3 is 1. The predicted molar refractivity (Wildman–Crippen MR) is 63.7 cm³/mol. The van der Waals surface area contributed by atoms with Crippen LogP contribution in [0.5, 0.6) is 5.75 Å². The van der Waals surface area contributed by atoms with Crippen molar-refractivity contribution in [3.8, 4) is 16.9 Å². The van der Waals surface area contributed by atoms with Crippen LogP contribution in [-0.2, 0) is 0 Å². The van der Waals surface area contributed by atoms with E-state index in [0.29, 0.717) is 23.2 Å². The van der Waals surface area contributed by atoms with Gasteiger partial charge in [0.05, 0.1) is 12.7 Å². The van der Waals surface area contributed by atoms with Gasteiger partial charge in [0.15, 0.2) is 6.29 Å². The van der Waals surface area contributed by atoms with Crippen LogP contribution >= 0.6 is 0 Å². The molecule has 0 aromatic heterocycles. The summed E-state index contributed by atoms with van der Waals surface area (Å²) < 4.78 is 31.6. The van der Waals surface area contributed by atoms with E-state index in [9.17, 15) is 13.6 Å². The molecule has 0 saturated heterocycles. The number of hydrogen-bond acceptors (Lipinski definition) is 2. The zero-order valence-electron chi connectivity index (χ0n) is 9.61. The molecule has 2 aromatic carbocycles. The van der Waals surface area contributed by atoms with Crippen LogP contribution in [0, 0.1) is 11.6 Å². The molecule has 2 rings (SSSR count). The van der Waals surface area contributed by atoms with E-state index < -0.39 is 11.6 Å². The average molecular weight is 248 g/mol. The highest BCUT2D eigenvalue weighted by atomic mass is 19.1. The number of halogens is 2. The Morgan fingerprint density at radius 2 is 1.89 bits per heavy atom. The van der Waals surface area contributed by atoms with Gasteiger partial charge in [-0.25, -0.2) is 8.78 Å². The summed E-state index contributed by atoms with van der Waals surface area (Å²) in [4.78, 5) is 10.7. The third-order valence-electron chi connectivity index (χ3n) is 2.60. The van der Waals surface area contributed by atoms with Crippen molar-refractivity contribution in [2.45, 2.75) is 0 Å². The second-order valence-electron chi connectivity index (χ2n) is 3.70. The Hall–Kier alpha value is -2.23. The van der Waals surface area contributed by atoms with Gasteiger partial charge in [0.25, 0.3) is 0 Å². The highest BCUT2D eigenvalue weighted by Gasteiger charge is 2.10. The van der Waals surface area contributed by atoms with Crippen molar-refractivity contribution in [3.63, 3.8) is 0 Å². The molecule has 0 amide bonds. The minimum atomic E-state index is -0.607. The number of benzene rings is 2. The summed E-state index contributed by atoms with van der Waals surface area (Å²) in [7, 11) is 1.46. The molecule has 0 heterocycles. The van der Waals surface area contributed by atoms with E-state index in [-0.39, 0.29) is 5.56 Å². The highest BCUT2D eigenvalue weighted by molar-refractivity contribution is 5.80. The van der Waals surface area contributed by atoms with Gasteiger partial charge in [-0.3, -0.25) is 4.79 Å². The lowest BCUT2D eigenvalue weighted by Crippen LogP contribution is -1.92. The normalized spacial score (nSPS) is 10.2. The number of carbonyl (C=O) groups is 1. The molecule has 0 unspecified atom stereocenters. The Kier molecular flexibility index (Phi) is 3.37. The van der Waals surface area contributed by atoms with Gasteiger partial charge < -0.3 is 4.74 Å². The van der Waals surface area contributed by atoms with Crippen LogP contribution in [0.3, 0.4) is 0 Å². The first kappa shape index (κ1) is 12.2. The average Bonchev–Trinajstić information content (AvgIpc) is 2.39. The first-order valence-corrected chi connectivity index (χ1v) is 5.24. The van der Waals surface area contributed by atoms with Crippen molar-refractivity contribution in [2.75, 3.05) is 7.11 Å². The zero-order valence-corrected chi connectivity index (χ0v) is 9.61. The lowest BCUT2D eigenvalue weighted by atomic mass is 10.0. The maximum absolute atomic E-state index is 13.2. The molecular weight excluding hydrogens is 238 g/mol. The molecular formula is C14H10F2O2. The summed E-state index contributed by atoms with van der Waals surface area (Å²) in [5.41, 5.74) is 0.925. The Balaban J connectivity index is 2.60. The molecule has 0 fully saturated rings. The fourth-order valence-corrected chi connectivity index (χ4v) is 1.71. The fraction of sp³-hybridized carbons (Fsp3) is 0.0714. The van der Waals surface area contributed by atoms with E-state index in [2.05, 4.69) is 0 Å². The number of hydrogen-bond donors (Lipinski definition) is 0. The minimum Gasteiger partial charge on any atom is -0.496 e. The number of ether oxygens (including phenoxy) is 1. The Morgan fingerprint density at radius 3 is 2.56 bits per heavy atom. The smallest absolute Gasteiger partial charge is 0.153 e. The molecule has 0 saturated carbocycles. The minimum absolute atomic E-state index is 0.0705. The molecule has 18 heavy (non-hydrogen) atoms. The van der Waals surface area contributed by atoms with Crippen molar-refractivity contribution in [1.29, 1.82) is 0 Å². The first-order chi connectivity index (χ1) is 8.65. The topological polar surface area (TPSA) is 26.3 Å². The standard InChI is InChI=1S/C14H10F2O2/c1-18-14-5-3-11(15)7-12(14)9-2-4-13(16)10(6-9)8-17/h2-8H,1H3. The third-order valence-corrected chi connectivity index (χ3v) is 2.60. The van der Waals surface area contributed by atoms with Gasteiger partial charge in [-0.1, -0.05) is 6.07 Å². The summed E-state index contributed by atoms with van der Waals surface area (Å²) in [5.74, 6) is -0.577. The van der Waals surface area contributed by atoms with Gasteiger partial charge in [0.1, 0.15) is 17.4 Å². The second-order valence-corrected chi connectivity index (χ2v) is 3.70. The van der Waals surface area contributed by atoms with Crippen molar-refractivity contribution in [3.05, 3.63) is 53.6 Å². The van der Waals surface area contributed by atoms with E-state index in [0.717, 1.165) is 0 Å². The molecule has 0 atom stereocenters. The van der Waals surface area contributed by atoms with Gasteiger partial charge in [0, 0.05) is 5.56 Å². The van der Waals surface area contributed by atoms with Gasteiger partial charge in [0.2, 0.25) is 0 Å². The third kappa shape index (κ3) is 2.22. The van der Waals surface area contributed by atoms with Crippen molar-refractivity contribution < 1.29 is 18.3 Å². The van der Waals surface area contributed by atoms with Crippen LogP contribution in [0.1, 0.15) is 10.4 Å². The first-order valence-electron chi connectivity index (χ1n) is 5.24. The number of carbonyl (C=O) groups excluding carboxylic acids is 1. The van der Waals surface area contributed by atoms with Crippen LogP contribution < -0.4 is 4.74 Å². The van der Waals surface area contributed by atoms with Gasteiger partial charge in [-0.2, -0.15) is 0 Å². The molecule has 0 N–H and O–H groups in total. The molecule has 2 nitrogen and oxygen atoms in total. The van der Waals surface area contributed by atoms with Crippen molar-refractivity contribution in [2.24, 2.45) is 0 Å². The molecule has 4 heteroatoms. The molecule has 0 spiro atoms. The molecule has 0 aliphatic heterocycles. The Labute approximate surface area is 103 Å². The Bertz CT molecular complexity index is 594. The predicted octanol–water partition coefficient (Wildman–Crippen LogP) is 3.45. The maximum Gasteiger partial charge on any atom is 0.153 e. The SMILES string of the molecule is COc1ccc(F)cc1-c1ccc(F)c(C=O)c1. The van der Waals surface area contributed by atoms with Gasteiger partial charge >= 0.3 is 0 Å². The Morgan fingerprint density at radius 1 is 1.11 bits per heavy atom. The lowest BCUT2D eigenvalue weighted by molar-refractivity contribution is 0.112. The molecule has 92 valence electrons. The van der Waals surface area contributed by atoms with E-state index in [1.54, 1.807) is 0 Å². The van der Waals surface area contributed by atoms with E-state index in [4.69, 9.17) is 4.74 Å².